The van der Waals surface area contributed by atoms with Crippen molar-refractivity contribution in [2.75, 3.05) is 13.2 Å². The van der Waals surface area contributed by atoms with Gasteiger partial charge in [-0.25, -0.2) is 0 Å². The molecule has 0 bridgehead atoms. The second-order valence-corrected chi connectivity index (χ2v) is 5.01. The normalized spacial score (nSPS) is 12.9. The first-order valence-electron chi connectivity index (χ1n) is 7.13. The first kappa shape index (κ1) is 16.5. The lowest BCUT2D eigenvalue weighted by atomic mass is 10.1. The van der Waals surface area contributed by atoms with E-state index < -0.39 is 6.10 Å². The molecule has 0 radical (unpaired) electrons. The quantitative estimate of drug-likeness (QED) is 0.711. The second kappa shape index (κ2) is 8.56. The minimum atomic E-state index is -0.430. The van der Waals surface area contributed by atoms with Crippen LogP contribution in [-0.4, -0.2) is 34.2 Å². The Morgan fingerprint density at radius 1 is 1.32 bits per heavy atom. The maximum atomic E-state index is 10.0. The zero-order valence-corrected chi connectivity index (χ0v) is 12.9. The number of halogens is 1. The Hall–Kier alpha value is -0.580. The molecular formula is C14H25ClN2O2. The van der Waals surface area contributed by atoms with Crippen molar-refractivity contribution < 1.29 is 9.84 Å². The van der Waals surface area contributed by atoms with Crippen molar-refractivity contribution in [2.45, 2.75) is 59.1 Å². The summed E-state index contributed by atoms with van der Waals surface area (Å²) in [6.07, 6.45) is 2.56. The van der Waals surface area contributed by atoms with Crippen molar-refractivity contribution in [3.8, 4) is 0 Å². The standard InChI is InChI=1S/C14H25ClN2O2/c1-4-8-19-9-7-11(18)10-13-14(15)12(5-2)16-17(13)6-3/h11,18H,4-10H2,1-3H3. The van der Waals surface area contributed by atoms with Crippen LogP contribution in [0.1, 0.15) is 45.0 Å². The van der Waals surface area contributed by atoms with Gasteiger partial charge in [-0.15, -0.1) is 0 Å². The molecule has 4 nitrogen and oxygen atoms in total. The van der Waals surface area contributed by atoms with E-state index in [0.717, 1.165) is 37.4 Å². The highest BCUT2D eigenvalue weighted by atomic mass is 35.5. The molecular weight excluding hydrogens is 264 g/mol. The molecule has 110 valence electrons. The predicted molar refractivity (Wildman–Crippen MR) is 77.7 cm³/mol. The summed E-state index contributed by atoms with van der Waals surface area (Å²) in [7, 11) is 0. The fraction of sp³-hybridized carbons (Fsp3) is 0.786. The topological polar surface area (TPSA) is 47.3 Å². The van der Waals surface area contributed by atoms with E-state index in [1.54, 1.807) is 0 Å². The molecule has 0 aliphatic heterocycles. The fourth-order valence-corrected chi connectivity index (χ4v) is 2.35. The van der Waals surface area contributed by atoms with Crippen LogP contribution in [0, 0.1) is 0 Å². The third-order valence-corrected chi connectivity index (χ3v) is 3.50. The van der Waals surface area contributed by atoms with Crippen molar-refractivity contribution in [2.24, 2.45) is 0 Å². The number of aliphatic hydroxyl groups excluding tert-OH is 1. The molecule has 1 rings (SSSR count). The van der Waals surface area contributed by atoms with E-state index in [9.17, 15) is 5.11 Å². The number of hydrogen-bond acceptors (Lipinski definition) is 3. The van der Waals surface area contributed by atoms with E-state index in [-0.39, 0.29) is 0 Å². The SMILES string of the molecule is CCCOCCC(O)Cc1c(Cl)c(CC)nn1CC. The average molecular weight is 289 g/mol. The van der Waals surface area contributed by atoms with Gasteiger partial charge in [-0.3, -0.25) is 4.68 Å². The van der Waals surface area contributed by atoms with Crippen LogP contribution in [0.2, 0.25) is 5.02 Å². The summed E-state index contributed by atoms with van der Waals surface area (Å²) >= 11 is 6.31. The second-order valence-electron chi connectivity index (χ2n) is 4.64. The van der Waals surface area contributed by atoms with Crippen LogP contribution in [0.25, 0.3) is 0 Å². The van der Waals surface area contributed by atoms with Crippen LogP contribution in [0.4, 0.5) is 0 Å². The summed E-state index contributed by atoms with van der Waals surface area (Å²) in [5.41, 5.74) is 1.84. The van der Waals surface area contributed by atoms with E-state index in [2.05, 4.69) is 12.0 Å². The van der Waals surface area contributed by atoms with Crippen LogP contribution in [0.3, 0.4) is 0 Å². The van der Waals surface area contributed by atoms with Gasteiger partial charge in [-0.2, -0.15) is 5.10 Å². The van der Waals surface area contributed by atoms with Gasteiger partial charge in [-0.1, -0.05) is 25.4 Å². The van der Waals surface area contributed by atoms with Crippen molar-refractivity contribution in [3.05, 3.63) is 16.4 Å². The van der Waals surface area contributed by atoms with Gasteiger partial charge in [0.05, 0.1) is 22.5 Å². The summed E-state index contributed by atoms with van der Waals surface area (Å²) in [6.45, 7) is 8.25. The third-order valence-electron chi connectivity index (χ3n) is 3.07. The van der Waals surface area contributed by atoms with Crippen molar-refractivity contribution in [1.82, 2.24) is 9.78 Å². The van der Waals surface area contributed by atoms with Gasteiger partial charge in [0.2, 0.25) is 0 Å². The minimum absolute atomic E-state index is 0.430. The highest BCUT2D eigenvalue weighted by Gasteiger charge is 2.17. The lowest BCUT2D eigenvalue weighted by molar-refractivity contribution is 0.0815. The van der Waals surface area contributed by atoms with E-state index in [0.29, 0.717) is 24.5 Å². The number of nitrogens with zero attached hydrogens (tertiary/aromatic N) is 2. The third kappa shape index (κ3) is 4.79. The summed E-state index contributed by atoms with van der Waals surface area (Å²) in [5, 5.41) is 15.2. The maximum Gasteiger partial charge on any atom is 0.0850 e. The van der Waals surface area contributed by atoms with Gasteiger partial charge in [0, 0.05) is 26.2 Å². The van der Waals surface area contributed by atoms with Crippen LogP contribution in [0.5, 0.6) is 0 Å². The summed E-state index contributed by atoms with van der Waals surface area (Å²) < 4.78 is 7.28. The Balaban J connectivity index is 2.57. The van der Waals surface area contributed by atoms with Gasteiger partial charge in [0.25, 0.3) is 0 Å². The molecule has 1 unspecified atom stereocenters. The Morgan fingerprint density at radius 3 is 2.63 bits per heavy atom. The van der Waals surface area contributed by atoms with E-state index >= 15 is 0 Å². The largest absolute Gasteiger partial charge is 0.393 e. The zero-order chi connectivity index (χ0) is 14.3. The molecule has 0 aliphatic carbocycles. The highest BCUT2D eigenvalue weighted by Crippen LogP contribution is 2.23. The number of hydrogen-bond donors (Lipinski definition) is 1. The molecule has 1 heterocycles. The van der Waals surface area contributed by atoms with Crippen LogP contribution in [0.15, 0.2) is 0 Å². The Labute approximate surface area is 120 Å². The number of ether oxygens (including phenoxy) is 1. The number of aliphatic hydroxyl groups is 1. The molecule has 1 N–H and O–H groups in total. The van der Waals surface area contributed by atoms with Gasteiger partial charge in [0.1, 0.15) is 0 Å². The van der Waals surface area contributed by atoms with Gasteiger partial charge in [0.15, 0.2) is 0 Å². The maximum absolute atomic E-state index is 10.0. The molecule has 0 amide bonds. The van der Waals surface area contributed by atoms with E-state index in [1.165, 1.54) is 0 Å². The smallest absolute Gasteiger partial charge is 0.0850 e. The molecule has 0 aliphatic rings. The zero-order valence-electron chi connectivity index (χ0n) is 12.2. The van der Waals surface area contributed by atoms with Crippen molar-refractivity contribution in [1.29, 1.82) is 0 Å². The first-order chi connectivity index (χ1) is 9.13. The molecule has 0 saturated carbocycles. The highest BCUT2D eigenvalue weighted by molar-refractivity contribution is 6.31. The average Bonchev–Trinajstić information content (AvgIpc) is 2.71. The van der Waals surface area contributed by atoms with E-state index in [1.807, 2.05) is 18.5 Å². The van der Waals surface area contributed by atoms with Crippen LogP contribution in [-0.2, 0) is 24.1 Å². The lowest BCUT2D eigenvalue weighted by Crippen LogP contribution is -2.17. The molecule has 0 fully saturated rings. The molecule has 0 aromatic carbocycles. The van der Waals surface area contributed by atoms with Crippen molar-refractivity contribution in [3.63, 3.8) is 0 Å². The Kier molecular flexibility index (Phi) is 7.42. The fourth-order valence-electron chi connectivity index (χ4n) is 2.00. The monoisotopic (exact) mass is 288 g/mol. The molecule has 1 atom stereocenters. The van der Waals surface area contributed by atoms with Crippen molar-refractivity contribution >= 4 is 11.6 Å². The molecule has 19 heavy (non-hydrogen) atoms. The van der Waals surface area contributed by atoms with Crippen LogP contribution >= 0.6 is 11.6 Å². The number of aromatic nitrogens is 2. The minimum Gasteiger partial charge on any atom is -0.393 e. The van der Waals surface area contributed by atoms with Gasteiger partial charge >= 0.3 is 0 Å². The number of rotatable bonds is 9. The molecule has 0 saturated heterocycles. The first-order valence-corrected chi connectivity index (χ1v) is 7.51. The Bertz CT molecular complexity index is 380. The molecule has 0 spiro atoms. The Morgan fingerprint density at radius 2 is 2.05 bits per heavy atom. The van der Waals surface area contributed by atoms with Gasteiger partial charge in [-0.05, 0) is 26.2 Å². The number of aryl methyl sites for hydroxylation is 2. The summed E-state index contributed by atoms with van der Waals surface area (Å²) in [4.78, 5) is 0. The summed E-state index contributed by atoms with van der Waals surface area (Å²) in [5.74, 6) is 0. The van der Waals surface area contributed by atoms with Gasteiger partial charge < -0.3 is 9.84 Å². The summed E-state index contributed by atoms with van der Waals surface area (Å²) in [6, 6.07) is 0. The molecule has 5 heteroatoms. The van der Waals surface area contributed by atoms with E-state index in [4.69, 9.17) is 16.3 Å². The predicted octanol–water partition coefficient (Wildman–Crippen LogP) is 2.84. The van der Waals surface area contributed by atoms with Crippen LogP contribution < -0.4 is 0 Å². The molecule has 1 aromatic heterocycles. The molecule has 1 aromatic rings. The lowest BCUT2D eigenvalue weighted by Gasteiger charge is -2.12.